The van der Waals surface area contributed by atoms with Crippen LogP contribution in [0.4, 0.5) is 13.2 Å². The topological polar surface area (TPSA) is 59.4 Å². The molecule has 4 nitrogen and oxygen atoms in total. The lowest BCUT2D eigenvalue weighted by Gasteiger charge is -2.08. The summed E-state index contributed by atoms with van der Waals surface area (Å²) < 4.78 is 42.4. The first-order valence-corrected chi connectivity index (χ1v) is 4.18. The van der Waals surface area contributed by atoms with Crippen molar-refractivity contribution in [2.75, 3.05) is 7.11 Å². The van der Waals surface area contributed by atoms with Crippen molar-refractivity contribution in [2.45, 2.75) is 12.8 Å². The highest BCUT2D eigenvalue weighted by molar-refractivity contribution is 5.72. The Balaban J connectivity index is 3.18. The van der Waals surface area contributed by atoms with Crippen molar-refractivity contribution < 1.29 is 27.8 Å². The Morgan fingerprint density at radius 1 is 1.62 bits per heavy atom. The average molecular weight is 235 g/mol. The first-order chi connectivity index (χ1) is 7.47. The number of rotatable bonds is 3. The number of ether oxygens (including phenoxy) is 1. The fraction of sp³-hybridized carbons (Fsp3) is 0.333. The normalized spacial score (nSPS) is 10.6. The van der Waals surface area contributed by atoms with Gasteiger partial charge in [0.05, 0.1) is 31.0 Å². The molecular weight excluding hydrogens is 227 g/mol. The highest BCUT2D eigenvalue weighted by Crippen LogP contribution is 2.29. The maximum atomic E-state index is 13.1. The molecule has 0 bridgehead atoms. The van der Waals surface area contributed by atoms with Crippen molar-refractivity contribution in [3.8, 4) is 5.75 Å². The van der Waals surface area contributed by atoms with Crippen molar-refractivity contribution in [2.24, 2.45) is 0 Å². The molecule has 0 aliphatic carbocycles. The fourth-order valence-electron chi connectivity index (χ4n) is 1.10. The molecule has 1 aromatic heterocycles. The van der Waals surface area contributed by atoms with Crippen LogP contribution in [0.25, 0.3) is 0 Å². The third-order valence-electron chi connectivity index (χ3n) is 1.87. The summed E-state index contributed by atoms with van der Waals surface area (Å²) in [7, 11) is 1.07. The molecule has 0 spiro atoms. The van der Waals surface area contributed by atoms with E-state index in [0.717, 1.165) is 7.11 Å². The van der Waals surface area contributed by atoms with Gasteiger partial charge in [0.1, 0.15) is 0 Å². The Morgan fingerprint density at radius 3 is 2.75 bits per heavy atom. The van der Waals surface area contributed by atoms with Gasteiger partial charge in [-0.1, -0.05) is 0 Å². The van der Waals surface area contributed by atoms with Crippen LogP contribution in [0.2, 0.25) is 0 Å². The molecule has 1 heterocycles. The number of nitrogens with zero attached hydrogens (tertiary/aromatic N) is 1. The fourth-order valence-corrected chi connectivity index (χ4v) is 1.10. The molecular formula is C9H8F3NO3. The monoisotopic (exact) mass is 235 g/mol. The number of carbonyl (C=O) groups excluding carboxylic acids is 1. The number of pyridine rings is 1. The number of aromatic nitrogens is 1. The lowest BCUT2D eigenvalue weighted by molar-refractivity contribution is -0.139. The molecule has 0 aromatic carbocycles. The number of aromatic hydroxyl groups is 1. The summed E-state index contributed by atoms with van der Waals surface area (Å²) in [5.74, 6) is -3.27. The molecule has 1 rings (SSSR count). The second kappa shape index (κ2) is 4.82. The molecule has 16 heavy (non-hydrogen) atoms. The van der Waals surface area contributed by atoms with Gasteiger partial charge < -0.3 is 9.84 Å². The minimum atomic E-state index is -3.17. The van der Waals surface area contributed by atoms with Crippen LogP contribution >= 0.6 is 0 Å². The number of alkyl halides is 2. The van der Waals surface area contributed by atoms with E-state index in [2.05, 4.69) is 9.72 Å². The second-order valence-corrected chi connectivity index (χ2v) is 2.87. The van der Waals surface area contributed by atoms with Crippen molar-refractivity contribution in [1.82, 2.24) is 4.98 Å². The van der Waals surface area contributed by atoms with E-state index in [0.29, 0.717) is 6.20 Å². The van der Waals surface area contributed by atoms with E-state index in [1.165, 1.54) is 0 Å². The van der Waals surface area contributed by atoms with Crippen LogP contribution in [-0.4, -0.2) is 23.2 Å². The van der Waals surface area contributed by atoms with Crippen molar-refractivity contribution in [3.63, 3.8) is 0 Å². The summed E-state index contributed by atoms with van der Waals surface area (Å²) >= 11 is 0. The summed E-state index contributed by atoms with van der Waals surface area (Å²) in [6.45, 7) is 0. The number of halogens is 3. The van der Waals surface area contributed by atoms with Crippen LogP contribution < -0.4 is 0 Å². The van der Waals surface area contributed by atoms with E-state index >= 15 is 0 Å². The van der Waals surface area contributed by atoms with Gasteiger partial charge in [-0.05, 0) is 0 Å². The molecule has 0 aliphatic rings. The summed E-state index contributed by atoms with van der Waals surface area (Å²) in [6, 6.07) is 0. The van der Waals surface area contributed by atoms with Gasteiger partial charge in [-0.2, -0.15) is 0 Å². The first-order valence-electron chi connectivity index (χ1n) is 4.18. The van der Waals surface area contributed by atoms with Gasteiger partial charge in [0.25, 0.3) is 6.43 Å². The summed E-state index contributed by atoms with van der Waals surface area (Å²) in [5, 5.41) is 8.88. The van der Waals surface area contributed by atoms with E-state index < -0.39 is 41.6 Å². The maximum Gasteiger partial charge on any atom is 0.311 e. The Morgan fingerprint density at radius 2 is 2.25 bits per heavy atom. The van der Waals surface area contributed by atoms with Crippen LogP contribution in [0, 0.1) is 5.82 Å². The maximum absolute atomic E-state index is 13.1. The number of esters is 1. The largest absolute Gasteiger partial charge is 0.504 e. The minimum Gasteiger partial charge on any atom is -0.504 e. The molecule has 7 heteroatoms. The van der Waals surface area contributed by atoms with Crippen LogP contribution in [0.3, 0.4) is 0 Å². The van der Waals surface area contributed by atoms with E-state index in [1.54, 1.807) is 0 Å². The summed E-state index contributed by atoms with van der Waals surface area (Å²) in [6.07, 6.45) is -3.08. The number of carbonyl (C=O) groups is 1. The second-order valence-electron chi connectivity index (χ2n) is 2.87. The number of methoxy groups -OCH3 is 1. The van der Waals surface area contributed by atoms with Gasteiger partial charge in [-0.25, -0.2) is 13.2 Å². The van der Waals surface area contributed by atoms with Crippen LogP contribution in [0.1, 0.15) is 17.7 Å². The minimum absolute atomic E-state index is 0.447. The highest BCUT2D eigenvalue weighted by atomic mass is 19.3. The predicted octanol–water partition coefficient (Wildman–Crippen LogP) is 1.58. The molecule has 1 aromatic rings. The smallest absolute Gasteiger partial charge is 0.311 e. The molecule has 0 fully saturated rings. The van der Waals surface area contributed by atoms with E-state index in [-0.39, 0.29) is 0 Å². The molecule has 0 atom stereocenters. The van der Waals surface area contributed by atoms with E-state index in [1.807, 2.05) is 0 Å². The van der Waals surface area contributed by atoms with Gasteiger partial charge in [0.15, 0.2) is 11.6 Å². The zero-order chi connectivity index (χ0) is 12.3. The van der Waals surface area contributed by atoms with Gasteiger partial charge >= 0.3 is 5.97 Å². The van der Waals surface area contributed by atoms with Gasteiger partial charge in [-0.15, -0.1) is 0 Å². The first kappa shape index (κ1) is 12.3. The number of hydrogen-bond donors (Lipinski definition) is 1. The van der Waals surface area contributed by atoms with Crippen LogP contribution in [0.5, 0.6) is 5.75 Å². The predicted molar refractivity (Wildman–Crippen MR) is 46.5 cm³/mol. The number of hydrogen-bond acceptors (Lipinski definition) is 4. The molecule has 1 N–H and O–H groups in total. The third-order valence-corrected chi connectivity index (χ3v) is 1.87. The lowest BCUT2D eigenvalue weighted by Crippen LogP contribution is -2.10. The lowest BCUT2D eigenvalue weighted by atomic mass is 10.1. The molecule has 0 radical (unpaired) electrons. The zero-order valence-electron chi connectivity index (χ0n) is 8.21. The van der Waals surface area contributed by atoms with Crippen LogP contribution in [-0.2, 0) is 16.0 Å². The Labute approximate surface area is 88.7 Å². The molecule has 0 unspecified atom stereocenters. The quantitative estimate of drug-likeness (QED) is 0.808. The van der Waals surface area contributed by atoms with Crippen molar-refractivity contribution in [1.29, 1.82) is 0 Å². The van der Waals surface area contributed by atoms with Crippen molar-refractivity contribution in [3.05, 3.63) is 23.3 Å². The molecule has 0 amide bonds. The molecule has 0 saturated carbocycles. The van der Waals surface area contributed by atoms with E-state index in [4.69, 9.17) is 5.11 Å². The Hall–Kier alpha value is -1.79. The summed E-state index contributed by atoms with van der Waals surface area (Å²) in [4.78, 5) is 14.2. The van der Waals surface area contributed by atoms with Gasteiger partial charge in [-0.3, -0.25) is 9.78 Å². The molecule has 88 valence electrons. The SMILES string of the molecule is COC(=O)Cc1ncc(O)c(F)c1C(F)F. The zero-order valence-corrected chi connectivity index (χ0v) is 8.21. The van der Waals surface area contributed by atoms with Crippen molar-refractivity contribution >= 4 is 5.97 Å². The highest BCUT2D eigenvalue weighted by Gasteiger charge is 2.24. The van der Waals surface area contributed by atoms with Gasteiger partial charge in [0.2, 0.25) is 0 Å². The Kier molecular flexibility index (Phi) is 3.70. The Bertz CT molecular complexity index is 409. The molecule has 0 aliphatic heterocycles. The standard InChI is InChI=1S/C9H8F3NO3/c1-16-6(15)2-4-7(9(11)12)8(10)5(14)3-13-4/h3,9,14H,2H2,1H3. The third kappa shape index (κ3) is 2.41. The van der Waals surface area contributed by atoms with E-state index in [9.17, 15) is 18.0 Å². The average Bonchev–Trinajstić information content (AvgIpc) is 2.23. The van der Waals surface area contributed by atoms with Gasteiger partial charge in [0, 0.05) is 0 Å². The molecule has 0 saturated heterocycles. The summed E-state index contributed by atoms with van der Waals surface area (Å²) in [5.41, 5.74) is -1.53. The van der Waals surface area contributed by atoms with Crippen LogP contribution in [0.15, 0.2) is 6.20 Å².